The van der Waals surface area contributed by atoms with Crippen LogP contribution >= 0.6 is 11.6 Å². The maximum Gasteiger partial charge on any atom is 0.482 e. The molecule has 1 aliphatic heterocycles. The van der Waals surface area contributed by atoms with Crippen LogP contribution in [-0.4, -0.2) is 62.4 Å². The molecule has 0 aromatic heterocycles. The summed E-state index contributed by atoms with van der Waals surface area (Å²) in [6, 6.07) is 6.00. The van der Waals surface area contributed by atoms with Crippen molar-refractivity contribution < 1.29 is 42.3 Å². The molecule has 2 aliphatic carbocycles. The van der Waals surface area contributed by atoms with E-state index in [0.29, 0.717) is 22.8 Å². The van der Waals surface area contributed by atoms with E-state index in [2.05, 4.69) is 31.4 Å². The normalized spacial score (nSPS) is 24.8. The zero-order valence-corrected chi connectivity index (χ0v) is 31.5. The summed E-state index contributed by atoms with van der Waals surface area (Å²) in [5, 5.41) is 5.56. The topological polar surface area (TPSA) is 121 Å². The van der Waals surface area contributed by atoms with Gasteiger partial charge in [-0.15, -0.1) is 0 Å². The highest BCUT2D eigenvalue weighted by molar-refractivity contribution is 6.48. The van der Waals surface area contributed by atoms with Crippen molar-refractivity contribution in [2.24, 2.45) is 22.7 Å². The third-order valence-electron chi connectivity index (χ3n) is 10.3. The highest BCUT2D eigenvalue weighted by Crippen LogP contribution is 2.73. The van der Waals surface area contributed by atoms with E-state index < -0.39 is 53.5 Å². The molecule has 1 saturated heterocycles. The van der Waals surface area contributed by atoms with Gasteiger partial charge in [0.15, 0.2) is 5.78 Å². The van der Waals surface area contributed by atoms with Crippen molar-refractivity contribution >= 4 is 36.5 Å². The van der Waals surface area contributed by atoms with Crippen molar-refractivity contribution in [2.45, 2.75) is 104 Å². The molecule has 6 atom stereocenters. The molecule has 2 aromatic carbocycles. The number of hydrogen-bond donors (Lipinski definition) is 2. The van der Waals surface area contributed by atoms with E-state index in [9.17, 15) is 14.4 Å². The van der Waals surface area contributed by atoms with Gasteiger partial charge in [-0.3, -0.25) is 9.59 Å². The molecule has 0 radical (unpaired) electrons. The molecule has 272 valence electrons. The second kappa shape index (κ2) is 13.3. The molecule has 10 nitrogen and oxygen atoms in total. The number of Topliss-reactive ketones (excluding diaryl/α,β-unsaturated/α-hetero) is 1. The van der Waals surface area contributed by atoms with Gasteiger partial charge in [0.25, 0.3) is 0 Å². The van der Waals surface area contributed by atoms with Gasteiger partial charge in [-0.05, 0) is 75.5 Å². The highest BCUT2D eigenvalue weighted by Gasteiger charge is 2.76. The quantitative estimate of drug-likeness (QED) is 0.202. The van der Waals surface area contributed by atoms with Crippen LogP contribution in [0.1, 0.15) is 96.3 Å². The van der Waals surface area contributed by atoms with Gasteiger partial charge >= 0.3 is 13.2 Å². The number of carbonyl (C=O) groups excluding carboxylic acids is 3. The number of ketones is 1. The van der Waals surface area contributed by atoms with Crippen molar-refractivity contribution in [3.05, 3.63) is 57.9 Å². The average molecular weight is 715 g/mol. The lowest BCUT2D eigenvalue weighted by molar-refractivity contribution is -0.123. The lowest BCUT2D eigenvalue weighted by atomic mass is 9.74. The third kappa shape index (κ3) is 7.21. The largest absolute Gasteiger partial charge is 0.496 e. The number of hydrogen-bond acceptors (Lipinski definition) is 8. The van der Waals surface area contributed by atoms with Crippen LogP contribution in [0.3, 0.4) is 0 Å². The Bertz CT molecular complexity index is 1670. The van der Waals surface area contributed by atoms with Gasteiger partial charge in [-0.25, -0.2) is 9.18 Å². The van der Waals surface area contributed by atoms with Crippen molar-refractivity contribution in [2.75, 3.05) is 14.2 Å². The van der Waals surface area contributed by atoms with Crippen LogP contribution in [0, 0.1) is 28.5 Å². The molecule has 1 heterocycles. The number of benzene rings is 2. The van der Waals surface area contributed by atoms with E-state index in [4.69, 9.17) is 35.1 Å². The first kappa shape index (κ1) is 37.9. The predicted octanol–water partition coefficient (Wildman–Crippen LogP) is 6.90. The van der Waals surface area contributed by atoms with Gasteiger partial charge in [0.2, 0.25) is 5.91 Å². The minimum absolute atomic E-state index is 0.0408. The van der Waals surface area contributed by atoms with Crippen molar-refractivity contribution in [3.63, 3.8) is 0 Å². The summed E-state index contributed by atoms with van der Waals surface area (Å²) < 4.78 is 45.3. The molecular formula is C37H49BClFN2O8. The summed E-state index contributed by atoms with van der Waals surface area (Å²) in [7, 11) is 1.92. The molecular weight excluding hydrogens is 666 g/mol. The van der Waals surface area contributed by atoms with Gasteiger partial charge in [0.1, 0.15) is 29.0 Å². The van der Waals surface area contributed by atoms with E-state index in [1.165, 1.54) is 20.3 Å². The van der Waals surface area contributed by atoms with Crippen molar-refractivity contribution in [1.82, 2.24) is 10.6 Å². The predicted molar refractivity (Wildman–Crippen MR) is 188 cm³/mol. The number of halogens is 2. The van der Waals surface area contributed by atoms with E-state index in [1.54, 1.807) is 32.9 Å². The lowest BCUT2D eigenvalue weighted by Gasteiger charge is -2.30. The summed E-state index contributed by atoms with van der Waals surface area (Å²) in [4.78, 5) is 40.9. The number of carbonyl (C=O) groups is 3. The summed E-state index contributed by atoms with van der Waals surface area (Å²) in [5.74, 6) is -1.38. The van der Waals surface area contributed by atoms with E-state index >= 15 is 4.39 Å². The van der Waals surface area contributed by atoms with Crippen LogP contribution in [0.15, 0.2) is 30.3 Å². The SMILES string of the molecule is COc1cc(F)c(C(NC(=O)OC(C)(C)C)C(=O)NC(Cc2cccc(C(=O)C(C)(C)C)c2OC)B2OC3CC4[C@@H](C4(C)C)C3(C)O2)cc1Cl. The minimum Gasteiger partial charge on any atom is -0.496 e. The average Bonchev–Trinajstić information content (AvgIpc) is 3.23. The number of alkyl carbamates (subject to hydrolysis) is 1. The summed E-state index contributed by atoms with van der Waals surface area (Å²) in [6.45, 7) is 17.0. The molecule has 2 aromatic rings. The first-order valence-electron chi connectivity index (χ1n) is 17.0. The molecule has 5 rings (SSSR count). The van der Waals surface area contributed by atoms with Crippen molar-refractivity contribution in [1.29, 1.82) is 0 Å². The highest BCUT2D eigenvalue weighted by atomic mass is 35.5. The number of amides is 2. The van der Waals surface area contributed by atoms with Gasteiger partial charge in [-0.1, -0.05) is 58.4 Å². The second-order valence-electron chi connectivity index (χ2n) is 16.4. The smallest absolute Gasteiger partial charge is 0.482 e. The van der Waals surface area contributed by atoms with Gasteiger partial charge in [0, 0.05) is 17.0 Å². The molecule has 2 saturated carbocycles. The summed E-state index contributed by atoms with van der Waals surface area (Å²) in [5.41, 5.74) is -1.23. The van der Waals surface area contributed by atoms with Crippen LogP contribution in [0.4, 0.5) is 9.18 Å². The zero-order chi connectivity index (χ0) is 37.1. The summed E-state index contributed by atoms with van der Waals surface area (Å²) >= 11 is 6.38. The number of ether oxygens (including phenoxy) is 3. The maximum absolute atomic E-state index is 15.6. The number of fused-ring (bicyclic) bond motifs is 3. The third-order valence-corrected chi connectivity index (χ3v) is 10.6. The van der Waals surface area contributed by atoms with Crippen LogP contribution in [0.2, 0.25) is 5.02 Å². The van der Waals surface area contributed by atoms with Crippen molar-refractivity contribution in [3.8, 4) is 11.5 Å². The Kier molecular flexibility index (Phi) is 10.1. The van der Waals surface area contributed by atoms with Gasteiger partial charge in [-0.2, -0.15) is 0 Å². The summed E-state index contributed by atoms with van der Waals surface area (Å²) in [6.07, 6.45) is -0.189. The van der Waals surface area contributed by atoms with Crippen LogP contribution in [-0.2, 0) is 25.3 Å². The molecule has 0 spiro atoms. The fraction of sp³-hybridized carbons (Fsp3) is 0.595. The van der Waals surface area contributed by atoms with Crippen LogP contribution < -0.4 is 20.1 Å². The molecule has 5 unspecified atom stereocenters. The molecule has 2 N–H and O–H groups in total. The zero-order valence-electron chi connectivity index (χ0n) is 30.8. The van der Waals surface area contributed by atoms with E-state index in [1.807, 2.05) is 26.8 Å². The Morgan fingerprint density at radius 2 is 1.74 bits per heavy atom. The first-order valence-corrected chi connectivity index (χ1v) is 17.4. The van der Waals surface area contributed by atoms with Crippen LogP contribution in [0.25, 0.3) is 0 Å². The molecule has 50 heavy (non-hydrogen) atoms. The maximum atomic E-state index is 15.6. The molecule has 2 amide bonds. The molecule has 0 bridgehead atoms. The molecule has 3 fully saturated rings. The van der Waals surface area contributed by atoms with Gasteiger partial charge in [0.05, 0.1) is 42.5 Å². The Hall–Kier alpha value is -3.35. The van der Waals surface area contributed by atoms with E-state index in [-0.39, 0.29) is 46.0 Å². The number of rotatable bonds is 10. The fourth-order valence-electron chi connectivity index (χ4n) is 7.86. The number of methoxy groups -OCH3 is 2. The Labute approximate surface area is 299 Å². The number of para-hydroxylation sites is 1. The number of nitrogens with one attached hydrogen (secondary N) is 2. The lowest BCUT2D eigenvalue weighted by Crippen LogP contribution is -2.53. The Balaban J connectivity index is 1.53. The second-order valence-corrected chi connectivity index (χ2v) is 16.8. The van der Waals surface area contributed by atoms with Gasteiger partial charge < -0.3 is 34.2 Å². The first-order chi connectivity index (χ1) is 23.1. The minimum atomic E-state index is -1.57. The van der Waals surface area contributed by atoms with Crippen LogP contribution in [0.5, 0.6) is 11.5 Å². The standard InChI is InChI=1S/C37H49BClFN2O8/c1-34(2,3)31(43)20-14-12-13-19(29(20)47-11)15-27(38-49-26-17-22-30(36(22,7)8)37(26,9)50-38)41-32(44)28(42-33(45)48-35(4,5)6)21-16-23(39)25(46-10)18-24(21)40/h12-14,16,18,22,26-28,30H,15,17H2,1-11H3,(H,41,44)(H,42,45)/t22?,26?,27?,28?,30-,37?/m0/s1. The Morgan fingerprint density at radius 3 is 2.34 bits per heavy atom. The van der Waals surface area contributed by atoms with E-state index in [0.717, 1.165) is 12.5 Å². The Morgan fingerprint density at radius 1 is 1.06 bits per heavy atom. The monoisotopic (exact) mass is 714 g/mol. The fourth-order valence-corrected chi connectivity index (χ4v) is 8.11. The molecule has 13 heteroatoms. The molecule has 3 aliphatic rings.